The second-order valence-electron chi connectivity index (χ2n) is 4.58. The molecule has 21 heavy (non-hydrogen) atoms. The van der Waals surface area contributed by atoms with E-state index in [1.807, 2.05) is 25.1 Å². The summed E-state index contributed by atoms with van der Waals surface area (Å²) in [6.45, 7) is 2.00. The Morgan fingerprint density at radius 2 is 2.00 bits per heavy atom. The van der Waals surface area contributed by atoms with Gasteiger partial charge >= 0.3 is 0 Å². The first-order valence-corrected chi connectivity index (χ1v) is 6.57. The van der Waals surface area contributed by atoms with E-state index >= 15 is 0 Å². The number of hydrogen-bond acceptors (Lipinski definition) is 3. The second kappa shape index (κ2) is 6.85. The normalized spacial score (nSPS) is 10.2. The maximum atomic E-state index is 13.4. The molecule has 2 aromatic carbocycles. The molecular weight excluding hydrogens is 271 g/mol. The van der Waals surface area contributed by atoms with E-state index in [1.54, 1.807) is 12.1 Å². The summed E-state index contributed by atoms with van der Waals surface area (Å²) in [6, 6.07) is 11.6. The van der Waals surface area contributed by atoms with E-state index in [0.717, 1.165) is 11.1 Å². The van der Waals surface area contributed by atoms with E-state index in [0.29, 0.717) is 12.3 Å². The van der Waals surface area contributed by atoms with Gasteiger partial charge in [-0.3, -0.25) is 4.79 Å². The minimum absolute atomic E-state index is 0.134. The lowest BCUT2D eigenvalue weighted by Crippen LogP contribution is -2.21. The van der Waals surface area contributed by atoms with Gasteiger partial charge in [0.25, 0.3) is 5.91 Å². The number of nitrogens with two attached hydrogens (primary N) is 1. The summed E-state index contributed by atoms with van der Waals surface area (Å²) >= 11 is 0. The Bertz CT molecular complexity index is 644. The number of anilines is 1. The minimum Gasteiger partial charge on any atom is -0.483 e. The van der Waals surface area contributed by atoms with Crippen LogP contribution in [0.2, 0.25) is 0 Å². The number of carbonyl (C=O) groups is 1. The molecule has 1 amide bonds. The van der Waals surface area contributed by atoms with Crippen molar-refractivity contribution in [3.8, 4) is 5.75 Å². The first kappa shape index (κ1) is 15.0. The van der Waals surface area contributed by atoms with Gasteiger partial charge in [-0.25, -0.2) is 4.39 Å². The molecule has 0 aliphatic carbocycles. The molecule has 0 bridgehead atoms. The third-order valence-corrected chi connectivity index (χ3v) is 3.01. The molecule has 0 fully saturated rings. The molecule has 0 aliphatic rings. The molecule has 0 spiro atoms. The zero-order valence-corrected chi connectivity index (χ0v) is 11.7. The van der Waals surface area contributed by atoms with Crippen molar-refractivity contribution in [2.24, 2.45) is 5.73 Å². The number of aryl methyl sites for hydroxylation is 1. The van der Waals surface area contributed by atoms with Crippen LogP contribution < -0.4 is 15.8 Å². The zero-order chi connectivity index (χ0) is 15.2. The molecule has 0 atom stereocenters. The number of hydrogen-bond donors (Lipinski definition) is 2. The molecule has 0 unspecified atom stereocenters. The maximum absolute atomic E-state index is 13.4. The number of ether oxygens (including phenoxy) is 1. The van der Waals surface area contributed by atoms with Crippen LogP contribution in [0.3, 0.4) is 0 Å². The van der Waals surface area contributed by atoms with E-state index in [1.165, 1.54) is 12.1 Å². The second-order valence-corrected chi connectivity index (χ2v) is 4.58. The molecule has 4 nitrogen and oxygen atoms in total. The molecule has 5 heteroatoms. The highest BCUT2D eigenvalue weighted by molar-refractivity contribution is 5.92. The number of carbonyl (C=O) groups excluding carboxylic acids is 1. The topological polar surface area (TPSA) is 64.3 Å². The number of halogens is 1. The van der Waals surface area contributed by atoms with E-state index < -0.39 is 11.7 Å². The van der Waals surface area contributed by atoms with Gasteiger partial charge in [-0.05, 0) is 24.6 Å². The standard InChI is InChI=1S/C16H17FN2O2/c1-11-5-4-6-12(9-18)16(11)21-10-15(20)19-14-8-3-2-7-13(14)17/h2-8H,9-10,18H2,1H3,(H,19,20). The summed E-state index contributed by atoms with van der Waals surface area (Å²) in [5, 5.41) is 2.47. The van der Waals surface area contributed by atoms with Gasteiger partial charge in [0.15, 0.2) is 6.61 Å². The van der Waals surface area contributed by atoms with Crippen LogP contribution in [0.15, 0.2) is 42.5 Å². The first-order chi connectivity index (χ1) is 10.1. The van der Waals surface area contributed by atoms with Crippen LogP contribution in [0.1, 0.15) is 11.1 Å². The summed E-state index contributed by atoms with van der Waals surface area (Å²) in [5.41, 5.74) is 7.50. The third-order valence-electron chi connectivity index (χ3n) is 3.01. The van der Waals surface area contributed by atoms with Gasteiger partial charge in [-0.15, -0.1) is 0 Å². The van der Waals surface area contributed by atoms with Gasteiger partial charge in [0, 0.05) is 12.1 Å². The van der Waals surface area contributed by atoms with Gasteiger partial charge in [-0.2, -0.15) is 0 Å². The highest BCUT2D eigenvalue weighted by Gasteiger charge is 2.10. The maximum Gasteiger partial charge on any atom is 0.262 e. The Morgan fingerprint density at radius 3 is 2.71 bits per heavy atom. The van der Waals surface area contributed by atoms with Crippen LogP contribution >= 0.6 is 0 Å². The summed E-state index contributed by atoms with van der Waals surface area (Å²) in [4.78, 5) is 11.8. The fraction of sp³-hybridized carbons (Fsp3) is 0.188. The molecule has 0 heterocycles. The third kappa shape index (κ3) is 3.79. The molecule has 2 rings (SSSR count). The molecular formula is C16H17FN2O2. The van der Waals surface area contributed by atoms with E-state index in [2.05, 4.69) is 5.32 Å². The highest BCUT2D eigenvalue weighted by Crippen LogP contribution is 2.23. The largest absolute Gasteiger partial charge is 0.483 e. The van der Waals surface area contributed by atoms with Crippen molar-refractivity contribution in [1.82, 2.24) is 0 Å². The fourth-order valence-corrected chi connectivity index (χ4v) is 1.97. The number of nitrogens with one attached hydrogen (secondary N) is 1. The molecule has 0 aliphatic heterocycles. The number of amides is 1. The quantitative estimate of drug-likeness (QED) is 0.889. The molecule has 0 saturated carbocycles. The van der Waals surface area contributed by atoms with Crippen LogP contribution in [-0.4, -0.2) is 12.5 Å². The smallest absolute Gasteiger partial charge is 0.262 e. The number of rotatable bonds is 5. The van der Waals surface area contributed by atoms with Crippen LogP contribution in [0.5, 0.6) is 5.75 Å². The van der Waals surface area contributed by atoms with E-state index in [-0.39, 0.29) is 12.3 Å². The van der Waals surface area contributed by atoms with Gasteiger partial charge in [-0.1, -0.05) is 30.3 Å². The summed E-state index contributed by atoms with van der Waals surface area (Å²) in [6.07, 6.45) is 0. The first-order valence-electron chi connectivity index (χ1n) is 6.57. The lowest BCUT2D eigenvalue weighted by molar-refractivity contribution is -0.118. The highest BCUT2D eigenvalue weighted by atomic mass is 19.1. The Labute approximate surface area is 122 Å². The van der Waals surface area contributed by atoms with E-state index in [4.69, 9.17) is 10.5 Å². The predicted molar refractivity (Wildman–Crippen MR) is 79.6 cm³/mol. The van der Waals surface area contributed by atoms with Gasteiger partial charge < -0.3 is 15.8 Å². The van der Waals surface area contributed by atoms with Crippen LogP contribution in [0, 0.1) is 12.7 Å². The Morgan fingerprint density at radius 1 is 1.24 bits per heavy atom. The van der Waals surface area contributed by atoms with E-state index in [9.17, 15) is 9.18 Å². The minimum atomic E-state index is -0.482. The van der Waals surface area contributed by atoms with Crippen molar-refractivity contribution in [1.29, 1.82) is 0 Å². The van der Waals surface area contributed by atoms with Crippen molar-refractivity contribution in [2.75, 3.05) is 11.9 Å². The summed E-state index contributed by atoms with van der Waals surface area (Å²) in [5.74, 6) is -0.306. The molecule has 0 saturated heterocycles. The number of para-hydroxylation sites is 2. The molecule has 3 N–H and O–H groups in total. The van der Waals surface area contributed by atoms with Crippen molar-refractivity contribution in [2.45, 2.75) is 13.5 Å². The Kier molecular flexibility index (Phi) is 4.90. The lowest BCUT2D eigenvalue weighted by Gasteiger charge is -2.13. The Balaban J connectivity index is 2.01. The molecule has 2 aromatic rings. The van der Waals surface area contributed by atoms with Gasteiger partial charge in [0.1, 0.15) is 11.6 Å². The average molecular weight is 288 g/mol. The molecule has 0 radical (unpaired) electrons. The lowest BCUT2D eigenvalue weighted by atomic mass is 10.1. The van der Waals surface area contributed by atoms with Crippen molar-refractivity contribution >= 4 is 11.6 Å². The van der Waals surface area contributed by atoms with Gasteiger partial charge in [0.2, 0.25) is 0 Å². The summed E-state index contributed by atoms with van der Waals surface area (Å²) < 4.78 is 18.9. The summed E-state index contributed by atoms with van der Waals surface area (Å²) in [7, 11) is 0. The Hall–Kier alpha value is -2.40. The van der Waals surface area contributed by atoms with Crippen molar-refractivity contribution in [3.05, 3.63) is 59.4 Å². The van der Waals surface area contributed by atoms with Crippen LogP contribution in [-0.2, 0) is 11.3 Å². The fourth-order valence-electron chi connectivity index (χ4n) is 1.97. The molecule has 0 aromatic heterocycles. The average Bonchev–Trinajstić information content (AvgIpc) is 2.48. The monoisotopic (exact) mass is 288 g/mol. The zero-order valence-electron chi connectivity index (χ0n) is 11.7. The molecule has 110 valence electrons. The SMILES string of the molecule is Cc1cccc(CN)c1OCC(=O)Nc1ccccc1F. The van der Waals surface area contributed by atoms with Crippen LogP contribution in [0.25, 0.3) is 0 Å². The number of benzene rings is 2. The predicted octanol–water partition coefficient (Wildman–Crippen LogP) is 2.61. The van der Waals surface area contributed by atoms with Crippen molar-refractivity contribution in [3.63, 3.8) is 0 Å². The van der Waals surface area contributed by atoms with Gasteiger partial charge in [0.05, 0.1) is 5.69 Å². The van der Waals surface area contributed by atoms with Crippen molar-refractivity contribution < 1.29 is 13.9 Å². The van der Waals surface area contributed by atoms with Crippen LogP contribution in [0.4, 0.5) is 10.1 Å².